The van der Waals surface area contributed by atoms with E-state index in [1.54, 1.807) is 25.1 Å². The van der Waals surface area contributed by atoms with Gasteiger partial charge in [-0.25, -0.2) is 0 Å². The highest BCUT2D eigenvalue weighted by atomic mass is 35.5. The number of hydrogen-bond acceptors (Lipinski definition) is 3. The highest BCUT2D eigenvalue weighted by molar-refractivity contribution is 6.30. The first-order valence-electron chi connectivity index (χ1n) is 6.18. The van der Waals surface area contributed by atoms with Gasteiger partial charge in [0.05, 0.1) is 12.7 Å². The molecule has 0 heterocycles. The van der Waals surface area contributed by atoms with Crippen LogP contribution in [0.2, 0.25) is 5.02 Å². The summed E-state index contributed by atoms with van der Waals surface area (Å²) in [6.07, 6.45) is -0.602. The predicted octanol–water partition coefficient (Wildman–Crippen LogP) is 3.44. The van der Waals surface area contributed by atoms with Crippen LogP contribution in [0.3, 0.4) is 0 Å². The van der Waals surface area contributed by atoms with Gasteiger partial charge in [0, 0.05) is 17.2 Å². The average Bonchev–Trinajstić information content (AvgIpc) is 2.29. The van der Waals surface area contributed by atoms with Crippen LogP contribution < -0.4 is 4.74 Å². The largest absolute Gasteiger partial charge is 0.491 e. The number of aliphatic hydroxyl groups excluding tert-OH is 1. The van der Waals surface area contributed by atoms with Crippen LogP contribution in [0, 0.1) is 5.92 Å². The Balaban J connectivity index is 2.46. The fraction of sp³-hybridized carbons (Fsp3) is 0.571. The average molecular weight is 273 g/mol. The van der Waals surface area contributed by atoms with Gasteiger partial charge in [-0.2, -0.15) is 0 Å². The zero-order valence-corrected chi connectivity index (χ0v) is 11.9. The van der Waals surface area contributed by atoms with Crippen LogP contribution in [-0.2, 0) is 4.74 Å². The molecule has 0 aromatic heterocycles. The summed E-state index contributed by atoms with van der Waals surface area (Å²) < 4.78 is 11.0. The van der Waals surface area contributed by atoms with E-state index in [9.17, 15) is 5.11 Å². The van der Waals surface area contributed by atoms with Gasteiger partial charge < -0.3 is 14.6 Å². The Morgan fingerprint density at radius 3 is 2.56 bits per heavy atom. The van der Waals surface area contributed by atoms with Gasteiger partial charge in [-0.15, -0.1) is 0 Å². The molecule has 102 valence electrons. The third-order valence-electron chi connectivity index (χ3n) is 2.36. The second kappa shape index (κ2) is 7.62. The first-order valence-corrected chi connectivity index (χ1v) is 6.56. The summed E-state index contributed by atoms with van der Waals surface area (Å²) in [6, 6.07) is 5.24. The third kappa shape index (κ3) is 5.25. The van der Waals surface area contributed by atoms with Crippen molar-refractivity contribution in [2.45, 2.75) is 26.9 Å². The van der Waals surface area contributed by atoms with Gasteiger partial charge >= 0.3 is 0 Å². The summed E-state index contributed by atoms with van der Waals surface area (Å²) in [7, 11) is 0. The molecule has 0 saturated carbocycles. The summed E-state index contributed by atoms with van der Waals surface area (Å²) in [5, 5.41) is 10.2. The smallest absolute Gasteiger partial charge is 0.125 e. The fourth-order valence-electron chi connectivity index (χ4n) is 1.51. The normalized spacial score (nSPS) is 12.8. The van der Waals surface area contributed by atoms with Crippen LogP contribution in [0.15, 0.2) is 18.2 Å². The first-order chi connectivity index (χ1) is 8.50. The van der Waals surface area contributed by atoms with E-state index in [0.717, 1.165) is 6.61 Å². The highest BCUT2D eigenvalue weighted by Crippen LogP contribution is 2.28. The molecule has 0 aliphatic carbocycles. The maximum absolute atomic E-state index is 9.63. The van der Waals surface area contributed by atoms with Crippen molar-refractivity contribution in [1.29, 1.82) is 0 Å². The van der Waals surface area contributed by atoms with Crippen molar-refractivity contribution in [1.82, 2.24) is 0 Å². The molecule has 0 aliphatic heterocycles. The van der Waals surface area contributed by atoms with Crippen molar-refractivity contribution in [3.05, 3.63) is 28.8 Å². The van der Waals surface area contributed by atoms with Crippen LogP contribution in [0.4, 0.5) is 0 Å². The SMILES string of the molecule is CC(C)COCCOc1ccc(Cl)cc1[C@@H](C)O. The molecule has 0 fully saturated rings. The number of ether oxygens (including phenoxy) is 2. The molecule has 0 radical (unpaired) electrons. The Kier molecular flexibility index (Phi) is 6.47. The van der Waals surface area contributed by atoms with E-state index in [0.29, 0.717) is 35.5 Å². The minimum absolute atomic E-state index is 0.466. The minimum atomic E-state index is -0.602. The molecule has 0 bridgehead atoms. The van der Waals surface area contributed by atoms with Gasteiger partial charge in [-0.3, -0.25) is 0 Å². The van der Waals surface area contributed by atoms with Crippen LogP contribution in [0.25, 0.3) is 0 Å². The lowest BCUT2D eigenvalue weighted by atomic mass is 10.1. The Morgan fingerprint density at radius 2 is 1.94 bits per heavy atom. The van der Waals surface area contributed by atoms with Gasteiger partial charge in [-0.1, -0.05) is 25.4 Å². The molecule has 0 saturated heterocycles. The molecular weight excluding hydrogens is 252 g/mol. The lowest BCUT2D eigenvalue weighted by molar-refractivity contribution is 0.0805. The molecule has 3 nitrogen and oxygen atoms in total. The van der Waals surface area contributed by atoms with E-state index in [1.165, 1.54) is 0 Å². The Hall–Kier alpha value is -0.770. The molecule has 4 heteroatoms. The van der Waals surface area contributed by atoms with Crippen molar-refractivity contribution < 1.29 is 14.6 Å². The molecule has 0 unspecified atom stereocenters. The van der Waals surface area contributed by atoms with Crippen LogP contribution in [0.5, 0.6) is 5.75 Å². The van der Waals surface area contributed by atoms with Crippen LogP contribution in [0.1, 0.15) is 32.4 Å². The van der Waals surface area contributed by atoms with Crippen molar-refractivity contribution in [3.63, 3.8) is 0 Å². The number of benzene rings is 1. The zero-order chi connectivity index (χ0) is 13.5. The lowest BCUT2D eigenvalue weighted by Crippen LogP contribution is -2.11. The van der Waals surface area contributed by atoms with Crippen LogP contribution in [-0.4, -0.2) is 24.9 Å². The standard InChI is InChI=1S/C14H21ClO3/c1-10(2)9-17-6-7-18-14-5-4-12(15)8-13(14)11(3)16/h4-5,8,10-11,16H,6-7,9H2,1-3H3/t11-/m1/s1. The maximum atomic E-state index is 9.63. The zero-order valence-electron chi connectivity index (χ0n) is 11.1. The topological polar surface area (TPSA) is 38.7 Å². The van der Waals surface area contributed by atoms with Crippen molar-refractivity contribution in [3.8, 4) is 5.75 Å². The highest BCUT2D eigenvalue weighted by Gasteiger charge is 2.09. The Morgan fingerprint density at radius 1 is 1.22 bits per heavy atom. The third-order valence-corrected chi connectivity index (χ3v) is 2.59. The molecule has 0 amide bonds. The van der Waals surface area contributed by atoms with Crippen molar-refractivity contribution >= 4 is 11.6 Å². The first kappa shape index (κ1) is 15.3. The van der Waals surface area contributed by atoms with Gasteiger partial charge in [0.25, 0.3) is 0 Å². The van der Waals surface area contributed by atoms with Gasteiger partial charge in [0.2, 0.25) is 0 Å². The van der Waals surface area contributed by atoms with Gasteiger partial charge in [0.1, 0.15) is 12.4 Å². The minimum Gasteiger partial charge on any atom is -0.491 e. The summed E-state index contributed by atoms with van der Waals surface area (Å²) in [4.78, 5) is 0. The maximum Gasteiger partial charge on any atom is 0.125 e. The molecule has 0 aliphatic rings. The van der Waals surface area contributed by atoms with Gasteiger partial charge in [-0.05, 0) is 31.0 Å². The Bertz CT molecular complexity index is 364. The quantitative estimate of drug-likeness (QED) is 0.773. The van der Waals surface area contributed by atoms with E-state index < -0.39 is 6.10 Å². The molecule has 18 heavy (non-hydrogen) atoms. The predicted molar refractivity (Wildman–Crippen MR) is 73.2 cm³/mol. The second-order valence-corrected chi connectivity index (χ2v) is 5.11. The lowest BCUT2D eigenvalue weighted by Gasteiger charge is -2.14. The fourth-order valence-corrected chi connectivity index (χ4v) is 1.69. The summed E-state index contributed by atoms with van der Waals surface area (Å²) in [5.74, 6) is 1.18. The molecular formula is C14H21ClO3. The molecule has 1 N–H and O–H groups in total. The van der Waals surface area contributed by atoms with Crippen molar-refractivity contribution in [2.75, 3.05) is 19.8 Å². The van der Waals surface area contributed by atoms with E-state index in [-0.39, 0.29) is 0 Å². The van der Waals surface area contributed by atoms with Crippen molar-refractivity contribution in [2.24, 2.45) is 5.92 Å². The van der Waals surface area contributed by atoms with E-state index in [1.807, 2.05) is 0 Å². The number of aliphatic hydroxyl groups is 1. The van der Waals surface area contributed by atoms with E-state index >= 15 is 0 Å². The molecule has 1 aromatic rings. The number of halogens is 1. The summed E-state index contributed by atoms with van der Waals surface area (Å²) in [5.41, 5.74) is 0.700. The van der Waals surface area contributed by atoms with Gasteiger partial charge in [0.15, 0.2) is 0 Å². The summed E-state index contributed by atoms with van der Waals surface area (Å²) >= 11 is 5.89. The molecule has 1 aromatic carbocycles. The second-order valence-electron chi connectivity index (χ2n) is 4.68. The van der Waals surface area contributed by atoms with E-state index in [4.69, 9.17) is 21.1 Å². The number of hydrogen-bond donors (Lipinski definition) is 1. The molecule has 0 spiro atoms. The monoisotopic (exact) mass is 272 g/mol. The number of rotatable bonds is 7. The van der Waals surface area contributed by atoms with E-state index in [2.05, 4.69) is 13.8 Å². The molecule has 1 rings (SSSR count). The van der Waals surface area contributed by atoms with Crippen LogP contribution >= 0.6 is 11.6 Å². The Labute approximate surface area is 114 Å². The summed E-state index contributed by atoms with van der Waals surface area (Å²) in [6.45, 7) is 7.63. The molecule has 1 atom stereocenters.